The molecule has 38 heavy (non-hydrogen) atoms. The zero-order valence-electron chi connectivity index (χ0n) is 22.3. The van der Waals surface area contributed by atoms with E-state index in [2.05, 4.69) is 148 Å². The summed E-state index contributed by atoms with van der Waals surface area (Å²) < 4.78 is 0. The van der Waals surface area contributed by atoms with Gasteiger partial charge in [-0.3, -0.25) is 0 Å². The fourth-order valence-electron chi connectivity index (χ4n) is 3.63. The van der Waals surface area contributed by atoms with Crippen molar-refractivity contribution in [2.75, 3.05) is 12.3 Å². The van der Waals surface area contributed by atoms with E-state index in [4.69, 9.17) is 0 Å². The van der Waals surface area contributed by atoms with Crippen LogP contribution in [0, 0.1) is 13.8 Å². The maximum absolute atomic E-state index is 3.49. The van der Waals surface area contributed by atoms with Crippen molar-refractivity contribution < 1.29 is 21.1 Å². The van der Waals surface area contributed by atoms with Gasteiger partial charge < -0.3 is 13.8 Å². The Labute approximate surface area is 249 Å². The zero-order chi connectivity index (χ0) is 26.6. The fraction of sp³-hybridized carbons (Fsp3) is 0.143. The molecule has 0 N–H and O–H groups in total. The van der Waals surface area contributed by atoms with E-state index < -0.39 is 0 Å². The summed E-state index contributed by atoms with van der Waals surface area (Å²) in [5, 5.41) is 5.94. The van der Waals surface area contributed by atoms with E-state index in [0.717, 1.165) is 12.8 Å². The van der Waals surface area contributed by atoms with Gasteiger partial charge in [0.1, 0.15) is 0 Å². The van der Waals surface area contributed by atoms with Gasteiger partial charge in [-0.15, -0.1) is 25.3 Å². The summed E-state index contributed by atoms with van der Waals surface area (Å²) in [6.45, 7) is 13.8. The first-order valence-electron chi connectivity index (χ1n) is 12.8. The van der Waals surface area contributed by atoms with Crippen molar-refractivity contribution in [2.45, 2.75) is 19.3 Å². The number of hydrogen-bond donors (Lipinski definition) is 0. The minimum atomic E-state index is -0.309. The molecule has 3 heteroatoms. The van der Waals surface area contributed by atoms with E-state index in [1.807, 2.05) is 0 Å². The molecule has 0 saturated heterocycles. The third-order valence-electron chi connectivity index (χ3n) is 5.44. The van der Waals surface area contributed by atoms with Crippen LogP contribution in [-0.2, 0) is 21.1 Å². The normalized spacial score (nSPS) is 9.79. The molecule has 0 atom stereocenters. The number of allylic oxidation sites excluding steroid dienone is 2. The molecule has 0 heterocycles. The van der Waals surface area contributed by atoms with Crippen LogP contribution in [0.5, 0.6) is 0 Å². The molecule has 0 unspecified atom stereocenters. The van der Waals surface area contributed by atoms with Crippen molar-refractivity contribution in [3.8, 4) is 0 Å². The minimum Gasteiger partial charge on any atom is -0.340 e. The molecule has 0 aliphatic rings. The van der Waals surface area contributed by atoms with Crippen LogP contribution < -0.4 is 21.2 Å². The van der Waals surface area contributed by atoms with Gasteiger partial charge >= 0.3 is 21.1 Å². The smallest absolute Gasteiger partial charge is 0.340 e. The minimum absolute atomic E-state index is 0. The predicted molar refractivity (Wildman–Crippen MR) is 173 cm³/mol. The van der Waals surface area contributed by atoms with E-state index in [0.29, 0.717) is 0 Å². The summed E-state index contributed by atoms with van der Waals surface area (Å²) >= 11 is 0. The molecule has 4 rings (SSSR count). The van der Waals surface area contributed by atoms with E-state index in [9.17, 15) is 0 Å². The molecule has 0 aromatic heterocycles. The van der Waals surface area contributed by atoms with Gasteiger partial charge in [-0.2, -0.15) is 12.8 Å². The second-order valence-electron chi connectivity index (χ2n) is 8.15. The molecular weight excluding hydrogens is 677 g/mol. The van der Waals surface area contributed by atoms with Gasteiger partial charge in [-0.1, -0.05) is 121 Å². The quantitative estimate of drug-likeness (QED) is 0.0879. The van der Waals surface area contributed by atoms with Crippen molar-refractivity contribution in [1.82, 2.24) is 0 Å². The fourth-order valence-corrected chi connectivity index (χ4v) is 8.59. The first-order chi connectivity index (χ1) is 18.2. The third kappa shape index (κ3) is 12.6. The number of rotatable bonds is 10. The summed E-state index contributed by atoms with van der Waals surface area (Å²) in [5.74, 6) is 0. The van der Waals surface area contributed by atoms with Crippen LogP contribution in [0.4, 0.5) is 0 Å². The molecule has 0 aliphatic carbocycles. The Morgan fingerprint density at radius 3 is 0.868 bits per heavy atom. The molecule has 4 aromatic rings. The average molecular weight is 718 g/mol. The van der Waals surface area contributed by atoms with Gasteiger partial charge in [0.05, 0.1) is 0 Å². The average Bonchev–Trinajstić information content (AvgIpc) is 2.99. The van der Waals surface area contributed by atoms with Crippen LogP contribution >= 0.6 is 15.8 Å². The molecule has 4 aromatic carbocycles. The van der Waals surface area contributed by atoms with E-state index in [1.54, 1.807) is 12.2 Å². The first-order valence-corrected chi connectivity index (χ1v) is 15.9. The van der Waals surface area contributed by atoms with Gasteiger partial charge in [0.2, 0.25) is 0 Å². The van der Waals surface area contributed by atoms with Crippen LogP contribution in [0.15, 0.2) is 147 Å². The van der Waals surface area contributed by atoms with Gasteiger partial charge in [0.25, 0.3) is 0 Å². The van der Waals surface area contributed by atoms with Crippen LogP contribution in [0.3, 0.4) is 0 Å². The Morgan fingerprint density at radius 2 is 0.684 bits per heavy atom. The van der Waals surface area contributed by atoms with Crippen LogP contribution in [0.1, 0.15) is 19.3 Å². The molecule has 0 saturated carbocycles. The molecular formula is C35H40P2Pt. The topological polar surface area (TPSA) is 0 Å². The Bertz CT molecular complexity index is 930. The van der Waals surface area contributed by atoms with Gasteiger partial charge in [0, 0.05) is 0 Å². The van der Waals surface area contributed by atoms with Crippen molar-refractivity contribution in [3.63, 3.8) is 0 Å². The third-order valence-corrected chi connectivity index (χ3v) is 10.7. The summed E-state index contributed by atoms with van der Waals surface area (Å²) in [4.78, 5) is 0. The maximum Gasteiger partial charge on any atom is 2.00 e. The first kappa shape index (κ1) is 33.9. The molecule has 0 bridgehead atoms. The van der Waals surface area contributed by atoms with Crippen molar-refractivity contribution in [3.05, 3.63) is 160 Å². The van der Waals surface area contributed by atoms with E-state index in [-0.39, 0.29) is 36.9 Å². The van der Waals surface area contributed by atoms with Crippen LogP contribution in [-0.4, -0.2) is 12.3 Å². The number of benzene rings is 4. The Hall–Kier alpha value is -2.09. The molecule has 0 spiro atoms. The van der Waals surface area contributed by atoms with Crippen molar-refractivity contribution in [2.24, 2.45) is 0 Å². The largest absolute Gasteiger partial charge is 2.00 e. The van der Waals surface area contributed by atoms with Gasteiger partial charge in [-0.05, 0) is 55.8 Å². The second kappa shape index (κ2) is 21.8. The predicted octanol–water partition coefficient (Wildman–Crippen LogP) is 8.43. The van der Waals surface area contributed by atoms with Crippen molar-refractivity contribution >= 4 is 37.1 Å². The Balaban J connectivity index is 0.000000709. The zero-order valence-corrected chi connectivity index (χ0v) is 26.3. The summed E-state index contributed by atoms with van der Waals surface area (Å²) in [6.07, 6.45) is 8.91. The second-order valence-corrected chi connectivity index (χ2v) is 12.8. The molecule has 0 amide bonds. The molecule has 0 nitrogen and oxygen atoms in total. The summed E-state index contributed by atoms with van der Waals surface area (Å²) in [6, 6.07) is 44.3. The number of hydrogen-bond acceptors (Lipinski definition) is 0. The van der Waals surface area contributed by atoms with E-state index in [1.165, 1.54) is 40.0 Å². The van der Waals surface area contributed by atoms with Gasteiger partial charge in [0.15, 0.2) is 0 Å². The van der Waals surface area contributed by atoms with Gasteiger partial charge in [-0.25, -0.2) is 0 Å². The van der Waals surface area contributed by atoms with Crippen LogP contribution in [0.2, 0.25) is 0 Å². The standard InChI is InChI=1S/C27H26P2.2C4H7.Pt/c1-5-14-24(15-6-1)28(25-16-7-2-8-17-25)22-13-23-29(26-18-9-3-10-19-26)27-20-11-4-12-21-27;2*1-3-4-2;/h1-12,14-21H,13,22-23H2;2*3H,1-2,4H2;/q;2*-1;+2. The molecule has 0 fully saturated rings. The SMILES string of the molecule is C=CC[CH2-].C=CC[CH2-].[Pt+2].c1ccc(P(CCCP(c2ccccc2)c2ccccc2)c2ccccc2)cc1. The monoisotopic (exact) mass is 717 g/mol. The summed E-state index contributed by atoms with van der Waals surface area (Å²) in [7, 11) is -0.618. The van der Waals surface area contributed by atoms with Crippen molar-refractivity contribution in [1.29, 1.82) is 0 Å². The molecule has 0 aliphatic heterocycles. The summed E-state index contributed by atoms with van der Waals surface area (Å²) in [5.41, 5.74) is 0. The molecule has 200 valence electrons. The van der Waals surface area contributed by atoms with Crippen LogP contribution in [0.25, 0.3) is 0 Å². The van der Waals surface area contributed by atoms with E-state index >= 15 is 0 Å². The maximum atomic E-state index is 3.49. The Morgan fingerprint density at radius 1 is 0.474 bits per heavy atom. The Kier molecular flexibility index (Phi) is 19.5. The molecule has 0 radical (unpaired) electrons.